The third-order valence-electron chi connectivity index (χ3n) is 4.06. The number of benzene rings is 2. The number of nitrogens with zero attached hydrogens (tertiary/aromatic N) is 1. The second-order valence-corrected chi connectivity index (χ2v) is 7.94. The van der Waals surface area contributed by atoms with Crippen molar-refractivity contribution in [2.45, 2.75) is 17.9 Å². The van der Waals surface area contributed by atoms with Crippen molar-refractivity contribution in [3.05, 3.63) is 59.9 Å². The molecule has 0 spiro atoms. The van der Waals surface area contributed by atoms with E-state index >= 15 is 0 Å². The third kappa shape index (κ3) is 3.92. The molecule has 1 fully saturated rings. The molecule has 1 unspecified atom stereocenters. The van der Waals surface area contributed by atoms with Crippen molar-refractivity contribution in [2.75, 3.05) is 25.0 Å². The standard InChI is InChI=1S/C18H19FN2O4S/c1-13-12-21(9-10-25-13)26(23,24)15-6-4-5-14(11-15)18(22)20-17-8-3-2-7-16(17)19/h2-8,11,13H,9-10,12H2,1H3,(H,20,22). The smallest absolute Gasteiger partial charge is 0.255 e. The van der Waals surface area contributed by atoms with Crippen LogP contribution in [0, 0.1) is 5.82 Å². The summed E-state index contributed by atoms with van der Waals surface area (Å²) in [5.74, 6) is -1.14. The van der Waals surface area contributed by atoms with Gasteiger partial charge in [0, 0.05) is 18.7 Å². The molecule has 26 heavy (non-hydrogen) atoms. The van der Waals surface area contributed by atoms with Gasteiger partial charge in [0.15, 0.2) is 0 Å². The fourth-order valence-corrected chi connectivity index (χ4v) is 4.25. The first-order valence-electron chi connectivity index (χ1n) is 8.15. The van der Waals surface area contributed by atoms with E-state index in [1.54, 1.807) is 13.0 Å². The van der Waals surface area contributed by atoms with Crippen LogP contribution in [0.25, 0.3) is 0 Å². The Morgan fingerprint density at radius 3 is 2.73 bits per heavy atom. The number of sulfonamides is 1. The van der Waals surface area contributed by atoms with E-state index in [1.165, 1.54) is 46.8 Å². The third-order valence-corrected chi connectivity index (χ3v) is 5.92. The highest BCUT2D eigenvalue weighted by molar-refractivity contribution is 7.89. The molecule has 1 heterocycles. The Morgan fingerprint density at radius 1 is 1.23 bits per heavy atom. The number of morpholine rings is 1. The molecule has 6 nitrogen and oxygen atoms in total. The summed E-state index contributed by atoms with van der Waals surface area (Å²) in [6.45, 7) is 2.65. The molecule has 138 valence electrons. The number of rotatable bonds is 4. The number of carbonyl (C=O) groups excluding carboxylic acids is 1. The average molecular weight is 378 g/mol. The van der Waals surface area contributed by atoms with E-state index in [0.717, 1.165) is 0 Å². The van der Waals surface area contributed by atoms with E-state index in [0.29, 0.717) is 6.61 Å². The van der Waals surface area contributed by atoms with Crippen molar-refractivity contribution < 1.29 is 22.3 Å². The monoisotopic (exact) mass is 378 g/mol. The minimum atomic E-state index is -3.73. The molecule has 0 radical (unpaired) electrons. The van der Waals surface area contributed by atoms with Gasteiger partial charge in [-0.15, -0.1) is 0 Å². The molecule has 1 aliphatic rings. The van der Waals surface area contributed by atoms with Gasteiger partial charge in [0.25, 0.3) is 5.91 Å². The van der Waals surface area contributed by atoms with Crippen LogP contribution in [0.5, 0.6) is 0 Å². The van der Waals surface area contributed by atoms with Crippen LogP contribution in [0.2, 0.25) is 0 Å². The molecule has 2 aromatic rings. The zero-order valence-electron chi connectivity index (χ0n) is 14.2. The van der Waals surface area contributed by atoms with Crippen molar-refractivity contribution in [3.63, 3.8) is 0 Å². The van der Waals surface area contributed by atoms with Gasteiger partial charge in [-0.3, -0.25) is 4.79 Å². The van der Waals surface area contributed by atoms with Gasteiger partial charge in [0.2, 0.25) is 10.0 Å². The zero-order chi connectivity index (χ0) is 18.7. The second kappa shape index (κ2) is 7.53. The maximum absolute atomic E-state index is 13.7. The van der Waals surface area contributed by atoms with Crippen LogP contribution in [-0.2, 0) is 14.8 Å². The molecule has 1 atom stereocenters. The van der Waals surface area contributed by atoms with E-state index in [4.69, 9.17) is 4.74 Å². The van der Waals surface area contributed by atoms with Crippen molar-refractivity contribution in [1.82, 2.24) is 4.31 Å². The van der Waals surface area contributed by atoms with Crippen molar-refractivity contribution in [1.29, 1.82) is 0 Å². The van der Waals surface area contributed by atoms with Crippen LogP contribution >= 0.6 is 0 Å². The van der Waals surface area contributed by atoms with Gasteiger partial charge in [-0.1, -0.05) is 18.2 Å². The zero-order valence-corrected chi connectivity index (χ0v) is 15.0. The summed E-state index contributed by atoms with van der Waals surface area (Å²) in [6, 6.07) is 11.5. The Bertz CT molecular complexity index is 917. The van der Waals surface area contributed by atoms with Crippen LogP contribution in [0.3, 0.4) is 0 Å². The Labute approximate surface area is 151 Å². The topological polar surface area (TPSA) is 75.7 Å². The molecule has 0 aliphatic carbocycles. The minimum Gasteiger partial charge on any atom is -0.376 e. The number of halogens is 1. The molecule has 1 saturated heterocycles. The Hall–Kier alpha value is -2.29. The first-order valence-corrected chi connectivity index (χ1v) is 9.59. The maximum atomic E-state index is 13.7. The molecular formula is C18H19FN2O4S. The van der Waals surface area contributed by atoms with Crippen LogP contribution in [-0.4, -0.2) is 44.4 Å². The lowest BCUT2D eigenvalue weighted by Crippen LogP contribution is -2.44. The molecule has 8 heteroatoms. The van der Waals surface area contributed by atoms with E-state index in [2.05, 4.69) is 5.32 Å². The molecule has 3 rings (SSSR count). The van der Waals surface area contributed by atoms with Gasteiger partial charge in [-0.25, -0.2) is 12.8 Å². The lowest BCUT2D eigenvalue weighted by atomic mass is 10.2. The minimum absolute atomic E-state index is 0.0211. The highest BCUT2D eigenvalue weighted by Gasteiger charge is 2.29. The molecule has 2 aromatic carbocycles. The van der Waals surface area contributed by atoms with Gasteiger partial charge in [-0.05, 0) is 37.3 Å². The number of amides is 1. The first-order chi connectivity index (χ1) is 12.4. The Balaban J connectivity index is 1.83. The second-order valence-electron chi connectivity index (χ2n) is 6.01. The van der Waals surface area contributed by atoms with Gasteiger partial charge in [0.05, 0.1) is 23.3 Å². The average Bonchev–Trinajstić information content (AvgIpc) is 2.63. The van der Waals surface area contributed by atoms with Crippen LogP contribution < -0.4 is 5.32 Å². The predicted molar refractivity (Wildman–Crippen MR) is 95.0 cm³/mol. The summed E-state index contributed by atoms with van der Waals surface area (Å²) >= 11 is 0. The van der Waals surface area contributed by atoms with Crippen molar-refractivity contribution in [2.24, 2.45) is 0 Å². The number of nitrogens with one attached hydrogen (secondary N) is 1. The van der Waals surface area contributed by atoms with E-state index in [1.807, 2.05) is 0 Å². The summed E-state index contributed by atoms with van der Waals surface area (Å²) < 4.78 is 46.0. The van der Waals surface area contributed by atoms with E-state index < -0.39 is 21.7 Å². The van der Waals surface area contributed by atoms with Gasteiger partial charge >= 0.3 is 0 Å². The summed E-state index contributed by atoms with van der Waals surface area (Å²) in [4.78, 5) is 12.4. The lowest BCUT2D eigenvalue weighted by Gasteiger charge is -2.30. The lowest BCUT2D eigenvalue weighted by molar-refractivity contribution is 0.0102. The SMILES string of the molecule is CC1CN(S(=O)(=O)c2cccc(C(=O)Nc3ccccc3F)c2)CCO1. The van der Waals surface area contributed by atoms with Crippen LogP contribution in [0.4, 0.5) is 10.1 Å². The van der Waals surface area contributed by atoms with Gasteiger partial charge in [-0.2, -0.15) is 4.31 Å². The van der Waals surface area contributed by atoms with E-state index in [-0.39, 0.29) is 35.3 Å². The molecule has 0 bridgehead atoms. The number of hydrogen-bond acceptors (Lipinski definition) is 4. The molecule has 0 saturated carbocycles. The summed E-state index contributed by atoms with van der Waals surface area (Å²) in [7, 11) is -3.73. The highest BCUT2D eigenvalue weighted by Crippen LogP contribution is 2.21. The number of hydrogen-bond donors (Lipinski definition) is 1. The molecular weight excluding hydrogens is 359 g/mol. The maximum Gasteiger partial charge on any atom is 0.255 e. The highest BCUT2D eigenvalue weighted by atomic mass is 32.2. The molecule has 0 aromatic heterocycles. The number of para-hydroxylation sites is 1. The number of anilines is 1. The quantitative estimate of drug-likeness (QED) is 0.887. The molecule has 1 amide bonds. The fraction of sp³-hybridized carbons (Fsp3) is 0.278. The largest absolute Gasteiger partial charge is 0.376 e. The Morgan fingerprint density at radius 2 is 2.00 bits per heavy atom. The van der Waals surface area contributed by atoms with Gasteiger partial charge in [0.1, 0.15) is 5.82 Å². The van der Waals surface area contributed by atoms with Crippen molar-refractivity contribution >= 4 is 21.6 Å². The first kappa shape index (κ1) is 18.5. The Kier molecular flexibility index (Phi) is 5.36. The normalized spacial score (nSPS) is 18.5. The number of carbonyl (C=O) groups is 1. The number of ether oxygens (including phenoxy) is 1. The summed E-state index contributed by atoms with van der Waals surface area (Å²) in [5.41, 5.74) is 0.170. The van der Waals surface area contributed by atoms with Gasteiger partial charge < -0.3 is 10.1 Å². The van der Waals surface area contributed by atoms with E-state index in [9.17, 15) is 17.6 Å². The molecule has 1 N–H and O–H groups in total. The fourth-order valence-electron chi connectivity index (χ4n) is 2.71. The summed E-state index contributed by atoms with van der Waals surface area (Å²) in [6.07, 6.45) is -0.189. The predicted octanol–water partition coefficient (Wildman–Crippen LogP) is 2.49. The van der Waals surface area contributed by atoms with Crippen LogP contribution in [0.15, 0.2) is 53.4 Å². The van der Waals surface area contributed by atoms with Crippen LogP contribution in [0.1, 0.15) is 17.3 Å². The molecule has 1 aliphatic heterocycles. The van der Waals surface area contributed by atoms with Crippen molar-refractivity contribution in [3.8, 4) is 0 Å². The summed E-state index contributed by atoms with van der Waals surface area (Å²) in [5, 5.41) is 2.45.